The Morgan fingerprint density at radius 2 is 1.62 bits per heavy atom. The van der Waals surface area contributed by atoms with Crippen molar-refractivity contribution in [3.05, 3.63) is 59.7 Å². The van der Waals surface area contributed by atoms with Gasteiger partial charge in [-0.1, -0.05) is 30.7 Å². The molecule has 0 aliphatic carbocycles. The number of nitrogens with zero attached hydrogens (tertiary/aromatic N) is 2. The third-order valence-corrected chi connectivity index (χ3v) is 4.60. The van der Waals surface area contributed by atoms with Gasteiger partial charge in [0.15, 0.2) is 0 Å². The number of aliphatic imine (C=N–C) groups is 1. The molecule has 2 aromatic rings. The van der Waals surface area contributed by atoms with Gasteiger partial charge >= 0.3 is 0 Å². The molecule has 3 nitrogen and oxygen atoms in total. The van der Waals surface area contributed by atoms with Gasteiger partial charge in [0.2, 0.25) is 0 Å². The van der Waals surface area contributed by atoms with Crippen LogP contribution in [0.2, 0.25) is 0 Å². The topological polar surface area (TPSA) is 24.8 Å². The maximum absolute atomic E-state index is 5.18. The van der Waals surface area contributed by atoms with Crippen LogP contribution in [-0.4, -0.2) is 30.8 Å². The molecule has 24 heavy (non-hydrogen) atoms. The molecule has 1 aliphatic heterocycles. The highest BCUT2D eigenvalue weighted by atomic mass is 16.5. The molecule has 3 heteroatoms. The number of piperidine rings is 1. The Morgan fingerprint density at radius 1 is 0.958 bits per heavy atom. The second-order valence-electron chi connectivity index (χ2n) is 6.43. The average Bonchev–Trinajstić information content (AvgIpc) is 2.64. The molecular formula is C21H26N2O. The van der Waals surface area contributed by atoms with Gasteiger partial charge in [-0.15, -0.1) is 0 Å². The van der Waals surface area contributed by atoms with E-state index in [0.29, 0.717) is 0 Å². The van der Waals surface area contributed by atoms with Crippen molar-refractivity contribution >= 4 is 11.4 Å². The molecule has 126 valence electrons. The number of rotatable bonds is 5. The van der Waals surface area contributed by atoms with Crippen LogP contribution >= 0.6 is 0 Å². The van der Waals surface area contributed by atoms with E-state index in [4.69, 9.17) is 9.73 Å². The first-order chi connectivity index (χ1) is 11.7. The monoisotopic (exact) mass is 322 g/mol. The molecule has 1 saturated heterocycles. The molecule has 3 rings (SSSR count). The van der Waals surface area contributed by atoms with Crippen LogP contribution in [-0.2, 0) is 6.54 Å². The number of ether oxygens (including phenoxy) is 1. The van der Waals surface area contributed by atoms with Gasteiger partial charge in [-0.3, -0.25) is 9.89 Å². The summed E-state index contributed by atoms with van der Waals surface area (Å²) in [5, 5.41) is 0. The molecule has 1 heterocycles. The lowest BCUT2D eigenvalue weighted by Gasteiger charge is -2.26. The highest BCUT2D eigenvalue weighted by Crippen LogP contribution is 2.19. The predicted octanol–water partition coefficient (Wildman–Crippen LogP) is 4.82. The van der Waals surface area contributed by atoms with Crippen LogP contribution in [0.5, 0.6) is 5.75 Å². The fourth-order valence-corrected chi connectivity index (χ4v) is 3.14. The smallest absolute Gasteiger partial charge is 0.119 e. The van der Waals surface area contributed by atoms with Crippen LogP contribution in [0.25, 0.3) is 0 Å². The molecule has 1 fully saturated rings. The van der Waals surface area contributed by atoms with E-state index in [0.717, 1.165) is 23.7 Å². The molecule has 0 amide bonds. The van der Waals surface area contributed by atoms with Crippen molar-refractivity contribution in [1.82, 2.24) is 4.90 Å². The number of hydrogen-bond acceptors (Lipinski definition) is 3. The molecule has 0 N–H and O–H groups in total. The minimum absolute atomic E-state index is 0.855. The zero-order chi connectivity index (χ0) is 16.8. The standard InChI is InChI=1S/C21H26N2O/c1-17(22-20-10-12-21(24-2)13-11-20)19-8-6-18(7-9-19)16-23-14-4-3-5-15-23/h6-13H,3-5,14-16H2,1-2H3. The summed E-state index contributed by atoms with van der Waals surface area (Å²) >= 11 is 0. The second kappa shape index (κ2) is 8.11. The Balaban J connectivity index is 1.66. The van der Waals surface area contributed by atoms with Crippen LogP contribution in [0.4, 0.5) is 5.69 Å². The molecule has 0 saturated carbocycles. The Labute approximate surface area is 145 Å². The minimum atomic E-state index is 0.855. The molecule has 0 atom stereocenters. The van der Waals surface area contributed by atoms with Crippen molar-refractivity contribution in [2.75, 3.05) is 20.2 Å². The fraction of sp³-hybridized carbons (Fsp3) is 0.381. The maximum atomic E-state index is 5.18. The zero-order valence-electron chi connectivity index (χ0n) is 14.7. The van der Waals surface area contributed by atoms with E-state index < -0.39 is 0 Å². The molecular weight excluding hydrogens is 296 g/mol. The first-order valence-corrected chi connectivity index (χ1v) is 8.75. The van der Waals surface area contributed by atoms with Gasteiger partial charge in [0.25, 0.3) is 0 Å². The Bertz CT molecular complexity index is 668. The van der Waals surface area contributed by atoms with Crippen molar-refractivity contribution in [2.24, 2.45) is 4.99 Å². The number of methoxy groups -OCH3 is 1. The van der Waals surface area contributed by atoms with Crippen molar-refractivity contribution in [3.63, 3.8) is 0 Å². The molecule has 0 spiro atoms. The van der Waals surface area contributed by atoms with E-state index >= 15 is 0 Å². The summed E-state index contributed by atoms with van der Waals surface area (Å²) in [6.07, 6.45) is 4.06. The summed E-state index contributed by atoms with van der Waals surface area (Å²) in [6.45, 7) is 5.60. The maximum Gasteiger partial charge on any atom is 0.119 e. The first kappa shape index (κ1) is 16.7. The van der Waals surface area contributed by atoms with Crippen molar-refractivity contribution in [2.45, 2.75) is 32.7 Å². The quantitative estimate of drug-likeness (QED) is 0.737. The van der Waals surface area contributed by atoms with E-state index in [1.165, 1.54) is 43.5 Å². The van der Waals surface area contributed by atoms with Crippen LogP contribution in [0.15, 0.2) is 53.5 Å². The van der Waals surface area contributed by atoms with Crippen LogP contribution in [0.1, 0.15) is 37.3 Å². The molecule has 2 aromatic carbocycles. The summed E-state index contributed by atoms with van der Waals surface area (Å²) in [5.41, 5.74) is 4.54. The lowest BCUT2D eigenvalue weighted by Crippen LogP contribution is -2.29. The largest absolute Gasteiger partial charge is 0.497 e. The van der Waals surface area contributed by atoms with Gasteiger partial charge in [0, 0.05) is 12.3 Å². The van der Waals surface area contributed by atoms with E-state index in [9.17, 15) is 0 Å². The number of hydrogen-bond donors (Lipinski definition) is 0. The van der Waals surface area contributed by atoms with Gasteiger partial charge in [-0.05, 0) is 68.2 Å². The summed E-state index contributed by atoms with van der Waals surface area (Å²) in [5.74, 6) is 0.855. The highest BCUT2D eigenvalue weighted by molar-refractivity contribution is 6.00. The van der Waals surface area contributed by atoms with Gasteiger partial charge in [-0.25, -0.2) is 0 Å². The Kier molecular flexibility index (Phi) is 5.65. The molecule has 0 aromatic heterocycles. The minimum Gasteiger partial charge on any atom is -0.497 e. The van der Waals surface area contributed by atoms with Crippen molar-refractivity contribution < 1.29 is 4.74 Å². The van der Waals surface area contributed by atoms with E-state index in [1.54, 1.807) is 7.11 Å². The summed E-state index contributed by atoms with van der Waals surface area (Å²) < 4.78 is 5.18. The average molecular weight is 322 g/mol. The highest BCUT2D eigenvalue weighted by Gasteiger charge is 2.10. The van der Waals surface area contributed by atoms with Gasteiger partial charge in [0.1, 0.15) is 5.75 Å². The van der Waals surface area contributed by atoms with Crippen molar-refractivity contribution in [3.8, 4) is 5.75 Å². The van der Waals surface area contributed by atoms with Crippen LogP contribution < -0.4 is 4.74 Å². The van der Waals surface area contributed by atoms with Crippen LogP contribution in [0, 0.1) is 0 Å². The molecule has 0 bridgehead atoms. The van der Waals surface area contributed by atoms with E-state index in [1.807, 2.05) is 24.3 Å². The van der Waals surface area contributed by atoms with E-state index in [-0.39, 0.29) is 0 Å². The Morgan fingerprint density at radius 3 is 2.25 bits per heavy atom. The SMILES string of the molecule is COc1ccc(N=C(C)c2ccc(CN3CCCCC3)cc2)cc1. The Hall–Kier alpha value is -2.13. The second-order valence-corrected chi connectivity index (χ2v) is 6.43. The molecule has 1 aliphatic rings. The number of benzene rings is 2. The summed E-state index contributed by atoms with van der Waals surface area (Å²) in [7, 11) is 1.68. The first-order valence-electron chi connectivity index (χ1n) is 8.75. The van der Waals surface area contributed by atoms with Crippen molar-refractivity contribution in [1.29, 1.82) is 0 Å². The molecule has 0 unspecified atom stereocenters. The normalized spacial score (nSPS) is 16.2. The predicted molar refractivity (Wildman–Crippen MR) is 100 cm³/mol. The summed E-state index contributed by atoms with van der Waals surface area (Å²) in [6, 6.07) is 16.7. The lowest BCUT2D eigenvalue weighted by molar-refractivity contribution is 0.221. The van der Waals surface area contributed by atoms with Gasteiger partial charge in [0.05, 0.1) is 12.8 Å². The fourth-order valence-electron chi connectivity index (χ4n) is 3.14. The lowest BCUT2D eigenvalue weighted by atomic mass is 10.1. The number of likely N-dealkylation sites (tertiary alicyclic amines) is 1. The van der Waals surface area contributed by atoms with Gasteiger partial charge < -0.3 is 4.74 Å². The summed E-state index contributed by atoms with van der Waals surface area (Å²) in [4.78, 5) is 7.25. The third kappa shape index (κ3) is 4.45. The van der Waals surface area contributed by atoms with Crippen LogP contribution in [0.3, 0.4) is 0 Å². The van der Waals surface area contributed by atoms with E-state index in [2.05, 4.69) is 36.1 Å². The zero-order valence-corrected chi connectivity index (χ0v) is 14.7. The third-order valence-electron chi connectivity index (χ3n) is 4.60. The van der Waals surface area contributed by atoms with Gasteiger partial charge in [-0.2, -0.15) is 0 Å². The molecule has 0 radical (unpaired) electrons.